The van der Waals surface area contributed by atoms with Crippen molar-refractivity contribution in [3.63, 3.8) is 0 Å². The first-order valence-corrected chi connectivity index (χ1v) is 5.80. The summed E-state index contributed by atoms with van der Waals surface area (Å²) in [6, 6.07) is 6.17. The van der Waals surface area contributed by atoms with Gasteiger partial charge in [-0.1, -0.05) is 29.8 Å². The van der Waals surface area contributed by atoms with Crippen molar-refractivity contribution in [3.8, 4) is 0 Å². The summed E-state index contributed by atoms with van der Waals surface area (Å²) < 4.78 is 0. The second-order valence-electron chi connectivity index (χ2n) is 3.78. The maximum Gasteiger partial charge on any atom is 0.321 e. The van der Waals surface area contributed by atoms with Crippen LogP contribution in [0.4, 0.5) is 0 Å². The number of carbonyl (C=O) groups is 2. The topological polar surface area (TPSA) is 86.6 Å². The van der Waals surface area contributed by atoms with E-state index in [1.54, 1.807) is 6.07 Å². The Labute approximate surface area is 109 Å². The lowest BCUT2D eigenvalue weighted by Crippen LogP contribution is -2.39. The number of rotatable bonds is 7. The van der Waals surface area contributed by atoms with E-state index in [9.17, 15) is 9.59 Å². The summed E-state index contributed by atoms with van der Waals surface area (Å²) in [6.07, 6.45) is 0.0981. The first-order valence-electron chi connectivity index (χ1n) is 5.42. The quantitative estimate of drug-likeness (QED) is 0.698. The number of halogens is 1. The summed E-state index contributed by atoms with van der Waals surface area (Å²) in [7, 11) is 0. The van der Waals surface area contributed by atoms with Gasteiger partial charge in [0.2, 0.25) is 0 Å². The highest BCUT2D eigenvalue weighted by Crippen LogP contribution is 2.14. The minimum Gasteiger partial charge on any atom is -0.481 e. The Bertz CT molecular complexity index is 436. The summed E-state index contributed by atoms with van der Waals surface area (Å²) in [6.45, 7) is 0.355. The molecule has 6 heteroatoms. The van der Waals surface area contributed by atoms with Crippen LogP contribution in [-0.4, -0.2) is 34.7 Å². The Morgan fingerprint density at radius 1 is 1.28 bits per heavy atom. The van der Waals surface area contributed by atoms with Crippen molar-refractivity contribution in [3.05, 3.63) is 34.9 Å². The van der Waals surface area contributed by atoms with E-state index in [0.717, 1.165) is 5.56 Å². The van der Waals surface area contributed by atoms with Crippen LogP contribution in [0.2, 0.25) is 5.02 Å². The molecular formula is C12H14ClNO4. The highest BCUT2D eigenvalue weighted by atomic mass is 35.5. The van der Waals surface area contributed by atoms with Gasteiger partial charge in [-0.15, -0.1) is 0 Å². The van der Waals surface area contributed by atoms with Crippen molar-refractivity contribution in [2.75, 3.05) is 6.54 Å². The van der Waals surface area contributed by atoms with Crippen molar-refractivity contribution in [1.29, 1.82) is 0 Å². The maximum atomic E-state index is 10.8. The van der Waals surface area contributed by atoms with Crippen molar-refractivity contribution in [2.24, 2.45) is 0 Å². The van der Waals surface area contributed by atoms with Gasteiger partial charge in [-0.25, -0.2) is 0 Å². The van der Waals surface area contributed by atoms with E-state index in [0.29, 0.717) is 18.0 Å². The van der Waals surface area contributed by atoms with E-state index in [2.05, 4.69) is 5.32 Å². The van der Waals surface area contributed by atoms with Crippen LogP contribution in [0, 0.1) is 0 Å². The third kappa shape index (κ3) is 4.73. The molecule has 0 bridgehead atoms. The summed E-state index contributed by atoms with van der Waals surface area (Å²) in [5.41, 5.74) is 0.895. The van der Waals surface area contributed by atoms with E-state index in [4.69, 9.17) is 21.8 Å². The SMILES string of the molecule is O=C(O)CC(NCCc1ccccc1Cl)C(=O)O. The van der Waals surface area contributed by atoms with E-state index in [1.165, 1.54) is 0 Å². The molecule has 0 aliphatic carbocycles. The zero-order valence-electron chi connectivity index (χ0n) is 9.60. The molecule has 0 amide bonds. The number of hydrogen-bond donors (Lipinski definition) is 3. The Morgan fingerprint density at radius 3 is 2.50 bits per heavy atom. The van der Waals surface area contributed by atoms with Gasteiger partial charge in [-0.2, -0.15) is 0 Å². The zero-order valence-corrected chi connectivity index (χ0v) is 10.4. The smallest absolute Gasteiger partial charge is 0.321 e. The molecule has 1 aromatic rings. The van der Waals surface area contributed by atoms with Gasteiger partial charge in [-0.05, 0) is 18.1 Å². The minimum atomic E-state index is -1.17. The van der Waals surface area contributed by atoms with Crippen LogP contribution in [-0.2, 0) is 16.0 Å². The van der Waals surface area contributed by atoms with Gasteiger partial charge in [0.05, 0.1) is 6.42 Å². The maximum absolute atomic E-state index is 10.8. The predicted molar refractivity (Wildman–Crippen MR) is 66.8 cm³/mol. The molecule has 0 spiro atoms. The Hall–Kier alpha value is -1.59. The minimum absolute atomic E-state index is 0.355. The van der Waals surface area contributed by atoms with Gasteiger partial charge < -0.3 is 15.5 Å². The van der Waals surface area contributed by atoms with Crippen molar-refractivity contribution < 1.29 is 19.8 Å². The highest BCUT2D eigenvalue weighted by molar-refractivity contribution is 6.31. The number of nitrogens with one attached hydrogen (secondary N) is 1. The number of hydrogen-bond acceptors (Lipinski definition) is 3. The molecular weight excluding hydrogens is 258 g/mol. The predicted octanol–water partition coefficient (Wildman–Crippen LogP) is 1.40. The molecule has 1 rings (SSSR count). The van der Waals surface area contributed by atoms with Crippen LogP contribution in [0.5, 0.6) is 0 Å². The molecule has 1 aromatic carbocycles. The van der Waals surface area contributed by atoms with Crippen molar-refractivity contribution in [1.82, 2.24) is 5.32 Å². The number of carboxylic acids is 2. The van der Waals surface area contributed by atoms with Crippen LogP contribution in [0.15, 0.2) is 24.3 Å². The second kappa shape index (κ2) is 6.98. The fourth-order valence-corrected chi connectivity index (χ4v) is 1.73. The second-order valence-corrected chi connectivity index (χ2v) is 4.19. The third-order valence-corrected chi connectivity index (χ3v) is 2.79. The highest BCUT2D eigenvalue weighted by Gasteiger charge is 2.19. The van der Waals surface area contributed by atoms with E-state index in [-0.39, 0.29) is 0 Å². The monoisotopic (exact) mass is 271 g/mol. The summed E-state index contributed by atoms with van der Waals surface area (Å²) in [5.74, 6) is -2.32. The normalized spacial score (nSPS) is 12.1. The number of benzene rings is 1. The molecule has 18 heavy (non-hydrogen) atoms. The summed E-state index contributed by atoms with van der Waals surface area (Å²) in [5, 5.41) is 20.7. The van der Waals surface area contributed by atoms with Crippen LogP contribution in [0.25, 0.3) is 0 Å². The molecule has 0 saturated heterocycles. The lowest BCUT2D eigenvalue weighted by molar-refractivity contribution is -0.145. The van der Waals surface area contributed by atoms with Crippen LogP contribution in [0.3, 0.4) is 0 Å². The van der Waals surface area contributed by atoms with Gasteiger partial charge >= 0.3 is 11.9 Å². The van der Waals surface area contributed by atoms with Gasteiger partial charge in [-0.3, -0.25) is 9.59 Å². The van der Waals surface area contributed by atoms with Gasteiger partial charge in [0.15, 0.2) is 0 Å². The molecule has 98 valence electrons. The molecule has 1 atom stereocenters. The lowest BCUT2D eigenvalue weighted by atomic mass is 10.1. The molecule has 5 nitrogen and oxygen atoms in total. The lowest BCUT2D eigenvalue weighted by Gasteiger charge is -2.12. The zero-order chi connectivity index (χ0) is 13.5. The van der Waals surface area contributed by atoms with Crippen LogP contribution in [0.1, 0.15) is 12.0 Å². The molecule has 3 N–H and O–H groups in total. The van der Waals surface area contributed by atoms with E-state index >= 15 is 0 Å². The molecule has 0 aliphatic heterocycles. The van der Waals surface area contributed by atoms with Crippen molar-refractivity contribution in [2.45, 2.75) is 18.9 Å². The molecule has 0 saturated carbocycles. The van der Waals surface area contributed by atoms with Gasteiger partial charge in [0, 0.05) is 11.6 Å². The summed E-state index contributed by atoms with van der Waals surface area (Å²) in [4.78, 5) is 21.3. The number of carboxylic acid groups (broad SMARTS) is 2. The Balaban J connectivity index is 2.46. The first kappa shape index (κ1) is 14.5. The van der Waals surface area contributed by atoms with Crippen molar-refractivity contribution >= 4 is 23.5 Å². The molecule has 0 heterocycles. The molecule has 0 radical (unpaired) electrons. The van der Waals surface area contributed by atoms with Gasteiger partial charge in [0.25, 0.3) is 0 Å². The molecule has 0 aliphatic rings. The number of aliphatic carboxylic acids is 2. The third-order valence-electron chi connectivity index (χ3n) is 2.42. The molecule has 1 unspecified atom stereocenters. The van der Waals surface area contributed by atoms with E-state index in [1.807, 2.05) is 18.2 Å². The van der Waals surface area contributed by atoms with Gasteiger partial charge in [0.1, 0.15) is 6.04 Å². The average Bonchev–Trinajstić information content (AvgIpc) is 2.29. The van der Waals surface area contributed by atoms with E-state index < -0.39 is 24.4 Å². The Morgan fingerprint density at radius 2 is 1.94 bits per heavy atom. The van der Waals surface area contributed by atoms with Crippen LogP contribution >= 0.6 is 11.6 Å². The molecule has 0 fully saturated rings. The fraction of sp³-hybridized carbons (Fsp3) is 0.333. The van der Waals surface area contributed by atoms with Crippen LogP contribution < -0.4 is 5.32 Å². The Kier molecular flexibility index (Phi) is 5.61. The fourth-order valence-electron chi connectivity index (χ4n) is 1.50. The standard InChI is InChI=1S/C12H14ClNO4/c13-9-4-2-1-3-8(9)5-6-14-10(12(17)18)7-11(15)16/h1-4,10,14H,5-7H2,(H,15,16)(H,17,18). The molecule has 0 aromatic heterocycles. The largest absolute Gasteiger partial charge is 0.481 e. The summed E-state index contributed by atoms with van der Waals surface area (Å²) >= 11 is 5.95. The average molecular weight is 272 g/mol. The first-order chi connectivity index (χ1) is 8.50.